The molecule has 2 saturated heterocycles. The average Bonchev–Trinajstić information content (AvgIpc) is 3.10. The largest absolute Gasteiger partial charge is 0.375 e. The highest BCUT2D eigenvalue weighted by molar-refractivity contribution is 5.90. The molecule has 0 radical (unpaired) electrons. The summed E-state index contributed by atoms with van der Waals surface area (Å²) in [4.78, 5) is 14.4. The van der Waals surface area contributed by atoms with Crippen molar-refractivity contribution in [2.75, 3.05) is 25.0 Å². The molecule has 0 bridgehead atoms. The molecule has 3 atom stereocenters. The molecular weight excluding hydrogens is 358 g/mol. The first-order valence-corrected chi connectivity index (χ1v) is 9.41. The zero-order valence-electron chi connectivity index (χ0n) is 16.2. The standard InChI is InChI=1S/C18H28F2N4O3/c1-11(2)8-24-15(16(19)20)14(7-21-24)22-17(25)23-9-12(3)27-18(10-23)5-6-26-13(18)4/h7,11-13,16H,5-6,8-10H2,1-4H3,(H,22,25). The van der Waals surface area contributed by atoms with Crippen LogP contribution in [0.1, 0.15) is 46.2 Å². The van der Waals surface area contributed by atoms with E-state index in [9.17, 15) is 13.6 Å². The molecular formula is C18H28F2N4O3. The monoisotopic (exact) mass is 386 g/mol. The number of nitrogens with zero attached hydrogens (tertiary/aromatic N) is 3. The minimum absolute atomic E-state index is 0.0552. The minimum Gasteiger partial charge on any atom is -0.375 e. The summed E-state index contributed by atoms with van der Waals surface area (Å²) in [6, 6.07) is -0.422. The molecule has 2 aliphatic rings. The molecule has 3 heterocycles. The molecule has 2 fully saturated rings. The Hall–Kier alpha value is -1.74. The van der Waals surface area contributed by atoms with Crippen molar-refractivity contribution in [3.05, 3.63) is 11.9 Å². The van der Waals surface area contributed by atoms with E-state index in [2.05, 4.69) is 10.4 Å². The van der Waals surface area contributed by atoms with Gasteiger partial charge in [-0.25, -0.2) is 13.6 Å². The molecule has 3 rings (SSSR count). The topological polar surface area (TPSA) is 68.6 Å². The first-order chi connectivity index (χ1) is 12.7. The van der Waals surface area contributed by atoms with Crippen molar-refractivity contribution in [2.24, 2.45) is 5.92 Å². The lowest BCUT2D eigenvalue weighted by Crippen LogP contribution is -2.60. The summed E-state index contributed by atoms with van der Waals surface area (Å²) in [6.07, 6.45) is -1.01. The van der Waals surface area contributed by atoms with Gasteiger partial charge in [-0.15, -0.1) is 0 Å². The van der Waals surface area contributed by atoms with Gasteiger partial charge in [-0.3, -0.25) is 4.68 Å². The Labute approximate surface area is 158 Å². The van der Waals surface area contributed by atoms with Crippen LogP contribution in [0.3, 0.4) is 0 Å². The number of anilines is 1. The molecule has 0 aliphatic carbocycles. The van der Waals surface area contributed by atoms with Gasteiger partial charge in [-0.2, -0.15) is 5.10 Å². The summed E-state index contributed by atoms with van der Waals surface area (Å²) in [5.74, 6) is 0.162. The SMILES string of the molecule is CC(C)Cn1ncc(NC(=O)N2CC(C)OC3(CCOC3C)C2)c1C(F)F. The molecule has 27 heavy (non-hydrogen) atoms. The fourth-order valence-corrected chi connectivity index (χ4v) is 3.86. The second-order valence-corrected chi connectivity index (χ2v) is 7.89. The number of hydrogen-bond donors (Lipinski definition) is 1. The van der Waals surface area contributed by atoms with E-state index in [0.717, 1.165) is 0 Å². The van der Waals surface area contributed by atoms with Crippen molar-refractivity contribution in [2.45, 2.75) is 64.9 Å². The van der Waals surface area contributed by atoms with Crippen molar-refractivity contribution in [3.63, 3.8) is 0 Å². The highest BCUT2D eigenvalue weighted by Gasteiger charge is 2.48. The van der Waals surface area contributed by atoms with E-state index < -0.39 is 18.1 Å². The van der Waals surface area contributed by atoms with E-state index in [4.69, 9.17) is 9.47 Å². The number of hydrogen-bond acceptors (Lipinski definition) is 4. The van der Waals surface area contributed by atoms with Gasteiger partial charge in [-0.05, 0) is 19.8 Å². The lowest BCUT2D eigenvalue weighted by molar-refractivity contribution is -0.159. The molecule has 1 aromatic rings. The Bertz CT molecular complexity index is 682. The highest BCUT2D eigenvalue weighted by Crippen LogP contribution is 2.35. The molecule has 2 aliphatic heterocycles. The molecule has 1 N–H and O–H groups in total. The van der Waals surface area contributed by atoms with Crippen molar-refractivity contribution >= 4 is 11.7 Å². The van der Waals surface area contributed by atoms with Crippen LogP contribution in [-0.2, 0) is 16.0 Å². The third-order valence-electron chi connectivity index (χ3n) is 5.16. The van der Waals surface area contributed by atoms with Crippen LogP contribution in [0.25, 0.3) is 0 Å². The first kappa shape index (κ1) is 20.0. The van der Waals surface area contributed by atoms with Crippen LogP contribution in [0.5, 0.6) is 0 Å². The number of rotatable bonds is 4. The predicted molar refractivity (Wildman–Crippen MR) is 95.9 cm³/mol. The van der Waals surface area contributed by atoms with Gasteiger partial charge in [0.25, 0.3) is 6.43 Å². The number of halogens is 2. The molecule has 9 heteroatoms. The molecule has 2 amide bonds. The van der Waals surface area contributed by atoms with E-state index in [1.807, 2.05) is 27.7 Å². The lowest BCUT2D eigenvalue weighted by Gasteiger charge is -2.44. The number of urea groups is 1. The van der Waals surface area contributed by atoms with Gasteiger partial charge in [0.15, 0.2) is 0 Å². The van der Waals surface area contributed by atoms with Crippen molar-refractivity contribution in [1.29, 1.82) is 0 Å². The van der Waals surface area contributed by atoms with Crippen molar-refractivity contribution in [3.8, 4) is 0 Å². The van der Waals surface area contributed by atoms with E-state index in [1.165, 1.54) is 10.9 Å². The zero-order chi connectivity index (χ0) is 19.8. The number of carbonyl (C=O) groups excluding carboxylic acids is 1. The maximum absolute atomic E-state index is 13.6. The Kier molecular flexibility index (Phi) is 5.71. The first-order valence-electron chi connectivity index (χ1n) is 9.41. The molecule has 1 aromatic heterocycles. The summed E-state index contributed by atoms with van der Waals surface area (Å²) >= 11 is 0. The second-order valence-electron chi connectivity index (χ2n) is 7.89. The van der Waals surface area contributed by atoms with Crippen LogP contribution in [0.15, 0.2) is 6.20 Å². The second kappa shape index (κ2) is 7.71. The normalized spacial score (nSPS) is 28.5. The van der Waals surface area contributed by atoms with Gasteiger partial charge >= 0.3 is 6.03 Å². The van der Waals surface area contributed by atoms with Crippen LogP contribution in [0.4, 0.5) is 19.3 Å². The van der Waals surface area contributed by atoms with E-state index in [0.29, 0.717) is 32.7 Å². The van der Waals surface area contributed by atoms with E-state index in [-0.39, 0.29) is 29.5 Å². The average molecular weight is 386 g/mol. The van der Waals surface area contributed by atoms with Gasteiger partial charge in [0, 0.05) is 26.1 Å². The van der Waals surface area contributed by atoms with Gasteiger partial charge in [0.1, 0.15) is 11.3 Å². The third kappa shape index (κ3) is 4.08. The quantitative estimate of drug-likeness (QED) is 0.862. The minimum atomic E-state index is -2.72. The van der Waals surface area contributed by atoms with Crippen molar-refractivity contribution in [1.82, 2.24) is 14.7 Å². The Morgan fingerprint density at radius 2 is 2.19 bits per heavy atom. The van der Waals surface area contributed by atoms with Gasteiger partial charge in [-0.1, -0.05) is 13.8 Å². The van der Waals surface area contributed by atoms with Crippen molar-refractivity contribution < 1.29 is 23.0 Å². The Balaban J connectivity index is 1.76. The van der Waals surface area contributed by atoms with Crippen LogP contribution >= 0.6 is 0 Å². The fourth-order valence-electron chi connectivity index (χ4n) is 3.86. The molecule has 7 nitrogen and oxygen atoms in total. The number of amides is 2. The van der Waals surface area contributed by atoms with Crippen LogP contribution in [-0.4, -0.2) is 58.2 Å². The van der Waals surface area contributed by atoms with Crippen LogP contribution < -0.4 is 5.32 Å². The maximum Gasteiger partial charge on any atom is 0.322 e. The number of aromatic nitrogens is 2. The summed E-state index contributed by atoms with van der Waals surface area (Å²) in [7, 11) is 0. The molecule has 1 spiro atoms. The predicted octanol–water partition coefficient (Wildman–Crippen LogP) is 3.28. The number of morpholine rings is 1. The van der Waals surface area contributed by atoms with Crippen LogP contribution in [0.2, 0.25) is 0 Å². The summed E-state index contributed by atoms with van der Waals surface area (Å²) in [5.41, 5.74) is -0.743. The van der Waals surface area contributed by atoms with Crippen LogP contribution in [0, 0.1) is 5.92 Å². The molecule has 0 aromatic carbocycles. The summed E-state index contributed by atoms with van der Waals surface area (Å²) in [6.45, 7) is 9.40. The fraction of sp³-hybridized carbons (Fsp3) is 0.778. The zero-order valence-corrected chi connectivity index (χ0v) is 16.2. The summed E-state index contributed by atoms with van der Waals surface area (Å²) < 4.78 is 40.1. The number of alkyl halides is 2. The molecule has 3 unspecified atom stereocenters. The number of nitrogens with one attached hydrogen (secondary N) is 1. The van der Waals surface area contributed by atoms with Gasteiger partial charge in [0.05, 0.1) is 30.6 Å². The lowest BCUT2D eigenvalue weighted by atomic mass is 9.93. The van der Waals surface area contributed by atoms with Gasteiger partial charge in [0.2, 0.25) is 0 Å². The van der Waals surface area contributed by atoms with Gasteiger partial charge < -0.3 is 19.7 Å². The smallest absolute Gasteiger partial charge is 0.322 e. The Morgan fingerprint density at radius 3 is 2.78 bits per heavy atom. The third-order valence-corrected chi connectivity index (χ3v) is 5.16. The summed E-state index contributed by atoms with van der Waals surface area (Å²) in [5, 5.41) is 6.66. The molecule has 0 saturated carbocycles. The number of ether oxygens (including phenoxy) is 2. The molecule has 152 valence electrons. The highest BCUT2D eigenvalue weighted by atomic mass is 19.3. The van der Waals surface area contributed by atoms with E-state index in [1.54, 1.807) is 4.90 Å². The Morgan fingerprint density at radius 1 is 1.44 bits per heavy atom. The van der Waals surface area contributed by atoms with E-state index >= 15 is 0 Å². The number of carbonyl (C=O) groups is 1. The maximum atomic E-state index is 13.6.